The molecule has 2 rings (SSSR count). The topological polar surface area (TPSA) is 50.5 Å². The van der Waals surface area contributed by atoms with E-state index in [1.165, 1.54) is 4.40 Å². The summed E-state index contributed by atoms with van der Waals surface area (Å²) < 4.78 is 1.48. The first-order chi connectivity index (χ1) is 8.02. The normalized spacial score (nSPS) is 10.8. The second-order valence-corrected chi connectivity index (χ2v) is 4.19. The highest BCUT2D eigenvalue weighted by atomic mass is 16.1. The monoisotopic (exact) mass is 232 g/mol. The number of rotatable bonds is 2. The van der Waals surface area contributed by atoms with Crippen molar-refractivity contribution in [3.05, 3.63) is 33.9 Å². The number of fused-ring (bicyclic) bond motifs is 1. The van der Waals surface area contributed by atoms with Crippen LogP contribution in [0.2, 0.25) is 0 Å². The molecule has 0 N–H and O–H groups in total. The van der Waals surface area contributed by atoms with Gasteiger partial charge in [-0.05, 0) is 38.0 Å². The second kappa shape index (κ2) is 4.16. The van der Waals surface area contributed by atoms with Crippen LogP contribution < -0.4 is 10.6 Å². The standard InChI is InChI=1S/C12H16N4O/c1-5-15(4)11-13-10-6-8(2)9(3)7-16(10)12(17)14-11/h6-7H,5H2,1-4H3. The molecule has 0 saturated carbocycles. The van der Waals surface area contributed by atoms with Gasteiger partial charge in [-0.25, -0.2) is 4.79 Å². The van der Waals surface area contributed by atoms with Gasteiger partial charge in [0.25, 0.3) is 0 Å². The van der Waals surface area contributed by atoms with Gasteiger partial charge in [-0.1, -0.05) is 0 Å². The van der Waals surface area contributed by atoms with Gasteiger partial charge < -0.3 is 4.90 Å². The first-order valence-corrected chi connectivity index (χ1v) is 5.61. The molecule has 5 heteroatoms. The van der Waals surface area contributed by atoms with Crippen molar-refractivity contribution < 1.29 is 0 Å². The van der Waals surface area contributed by atoms with Gasteiger partial charge in [0, 0.05) is 19.8 Å². The zero-order chi connectivity index (χ0) is 12.6. The molecule has 2 aromatic rings. The summed E-state index contributed by atoms with van der Waals surface area (Å²) in [6, 6.07) is 1.91. The van der Waals surface area contributed by atoms with Gasteiger partial charge in [0.15, 0.2) is 0 Å². The van der Waals surface area contributed by atoms with E-state index < -0.39 is 0 Å². The van der Waals surface area contributed by atoms with Gasteiger partial charge in [0.2, 0.25) is 5.95 Å². The van der Waals surface area contributed by atoms with E-state index in [1.807, 2.05) is 38.8 Å². The third-order valence-electron chi connectivity index (χ3n) is 2.97. The quantitative estimate of drug-likeness (QED) is 0.779. The van der Waals surface area contributed by atoms with Gasteiger partial charge in [0.1, 0.15) is 5.65 Å². The molecule has 0 amide bonds. The van der Waals surface area contributed by atoms with Crippen LogP contribution in [0.4, 0.5) is 5.95 Å². The van der Waals surface area contributed by atoms with Crippen LogP contribution in [0.1, 0.15) is 18.1 Å². The molecule has 2 aromatic heterocycles. The van der Waals surface area contributed by atoms with Crippen LogP contribution in [0, 0.1) is 13.8 Å². The smallest absolute Gasteiger partial charge is 0.344 e. The van der Waals surface area contributed by atoms with Crippen LogP contribution in [0.15, 0.2) is 17.1 Å². The maximum atomic E-state index is 11.9. The molecule has 0 aliphatic carbocycles. The van der Waals surface area contributed by atoms with Gasteiger partial charge in [0.05, 0.1) is 0 Å². The number of pyridine rings is 1. The third-order valence-corrected chi connectivity index (χ3v) is 2.97. The average Bonchev–Trinajstić information content (AvgIpc) is 2.30. The van der Waals surface area contributed by atoms with Crippen molar-refractivity contribution in [3.63, 3.8) is 0 Å². The molecular weight excluding hydrogens is 216 g/mol. The first kappa shape index (κ1) is 11.6. The predicted octanol–water partition coefficient (Wildman–Crippen LogP) is 1.16. The third kappa shape index (κ3) is 2.00. The van der Waals surface area contributed by atoms with E-state index in [-0.39, 0.29) is 5.69 Å². The Hall–Kier alpha value is -1.91. The van der Waals surface area contributed by atoms with E-state index in [2.05, 4.69) is 9.97 Å². The summed E-state index contributed by atoms with van der Waals surface area (Å²) in [6.45, 7) is 6.73. The van der Waals surface area contributed by atoms with Crippen LogP contribution in [-0.4, -0.2) is 28.0 Å². The number of hydrogen-bond donors (Lipinski definition) is 0. The summed E-state index contributed by atoms with van der Waals surface area (Å²) in [5.41, 5.74) is 2.53. The minimum absolute atomic E-state index is 0.284. The van der Waals surface area contributed by atoms with E-state index in [0.717, 1.165) is 17.7 Å². The molecule has 0 aliphatic heterocycles. The molecule has 0 aromatic carbocycles. The molecule has 0 saturated heterocycles. The van der Waals surface area contributed by atoms with Crippen LogP contribution in [-0.2, 0) is 0 Å². The Kier molecular flexibility index (Phi) is 2.83. The second-order valence-electron chi connectivity index (χ2n) is 4.19. The predicted molar refractivity (Wildman–Crippen MR) is 67.7 cm³/mol. The molecule has 0 radical (unpaired) electrons. The lowest BCUT2D eigenvalue weighted by molar-refractivity contribution is 0.853. The lowest BCUT2D eigenvalue weighted by atomic mass is 10.2. The van der Waals surface area contributed by atoms with Crippen molar-refractivity contribution in [1.82, 2.24) is 14.4 Å². The van der Waals surface area contributed by atoms with Crippen LogP contribution in [0.5, 0.6) is 0 Å². The maximum absolute atomic E-state index is 11.9. The SMILES string of the molecule is CCN(C)c1nc(=O)n2cc(C)c(C)cc2n1. The fourth-order valence-corrected chi connectivity index (χ4v) is 1.56. The summed E-state index contributed by atoms with van der Waals surface area (Å²) in [5, 5.41) is 0. The zero-order valence-corrected chi connectivity index (χ0v) is 10.6. The molecule has 2 heterocycles. The van der Waals surface area contributed by atoms with E-state index in [1.54, 1.807) is 6.20 Å². The highest BCUT2D eigenvalue weighted by Gasteiger charge is 2.08. The molecule has 0 unspecified atom stereocenters. The fourth-order valence-electron chi connectivity index (χ4n) is 1.56. The molecule has 0 fully saturated rings. The summed E-state index contributed by atoms with van der Waals surface area (Å²) in [5.74, 6) is 0.473. The van der Waals surface area contributed by atoms with Crippen molar-refractivity contribution in [2.45, 2.75) is 20.8 Å². The molecular formula is C12H16N4O. The highest BCUT2D eigenvalue weighted by Crippen LogP contribution is 2.10. The average molecular weight is 232 g/mol. The number of aromatic nitrogens is 3. The maximum Gasteiger partial charge on any atom is 0.356 e. The van der Waals surface area contributed by atoms with Gasteiger partial charge in [-0.15, -0.1) is 0 Å². The lowest BCUT2D eigenvalue weighted by Crippen LogP contribution is -2.26. The fraction of sp³-hybridized carbons (Fsp3) is 0.417. The van der Waals surface area contributed by atoms with Gasteiger partial charge in [-0.2, -0.15) is 9.97 Å². The summed E-state index contributed by atoms with van der Waals surface area (Å²) in [6.07, 6.45) is 1.78. The molecule has 0 atom stereocenters. The van der Waals surface area contributed by atoms with E-state index in [4.69, 9.17) is 0 Å². The van der Waals surface area contributed by atoms with Crippen molar-refractivity contribution in [3.8, 4) is 0 Å². The first-order valence-electron chi connectivity index (χ1n) is 5.61. The number of aryl methyl sites for hydroxylation is 2. The zero-order valence-electron chi connectivity index (χ0n) is 10.6. The Labute approximate surface area is 99.7 Å². The van der Waals surface area contributed by atoms with Crippen molar-refractivity contribution in [1.29, 1.82) is 0 Å². The van der Waals surface area contributed by atoms with Crippen LogP contribution in [0.25, 0.3) is 5.65 Å². The largest absolute Gasteiger partial charge is 0.356 e. The lowest BCUT2D eigenvalue weighted by Gasteiger charge is -2.14. The van der Waals surface area contributed by atoms with E-state index >= 15 is 0 Å². The van der Waals surface area contributed by atoms with Gasteiger partial charge >= 0.3 is 5.69 Å². The van der Waals surface area contributed by atoms with Crippen molar-refractivity contribution in [2.75, 3.05) is 18.5 Å². The Balaban J connectivity index is 2.73. The number of hydrogen-bond acceptors (Lipinski definition) is 4. The van der Waals surface area contributed by atoms with E-state index in [9.17, 15) is 4.79 Å². The van der Waals surface area contributed by atoms with Crippen LogP contribution >= 0.6 is 0 Å². The Morgan fingerprint density at radius 1 is 1.29 bits per heavy atom. The minimum atomic E-state index is -0.284. The molecule has 0 bridgehead atoms. The van der Waals surface area contributed by atoms with Crippen LogP contribution in [0.3, 0.4) is 0 Å². The number of anilines is 1. The molecule has 5 nitrogen and oxygen atoms in total. The molecule has 0 spiro atoms. The van der Waals surface area contributed by atoms with E-state index in [0.29, 0.717) is 11.6 Å². The summed E-state index contributed by atoms with van der Waals surface area (Å²) >= 11 is 0. The summed E-state index contributed by atoms with van der Waals surface area (Å²) in [7, 11) is 1.87. The van der Waals surface area contributed by atoms with Gasteiger partial charge in [-0.3, -0.25) is 4.40 Å². The summed E-state index contributed by atoms with van der Waals surface area (Å²) in [4.78, 5) is 22.1. The number of nitrogens with zero attached hydrogens (tertiary/aromatic N) is 4. The highest BCUT2D eigenvalue weighted by molar-refractivity contribution is 5.47. The van der Waals surface area contributed by atoms with Crippen molar-refractivity contribution in [2.24, 2.45) is 0 Å². The molecule has 0 aliphatic rings. The Morgan fingerprint density at radius 3 is 2.65 bits per heavy atom. The molecule has 90 valence electrons. The molecule has 17 heavy (non-hydrogen) atoms. The minimum Gasteiger partial charge on any atom is -0.344 e. The Morgan fingerprint density at radius 2 is 2.00 bits per heavy atom. The van der Waals surface area contributed by atoms with Crippen molar-refractivity contribution >= 4 is 11.6 Å². The Bertz CT molecular complexity index is 618.